The lowest BCUT2D eigenvalue weighted by Crippen LogP contribution is -2.36. The first-order valence-electron chi connectivity index (χ1n) is 11.4. The fourth-order valence-electron chi connectivity index (χ4n) is 3.96. The first kappa shape index (κ1) is 21.2. The minimum Gasteiger partial charge on any atom is -0.378 e. The SMILES string of the molecule is CC(C)n1cnc2c(NCc3ccccc3)nc(Nc3ccc(N4CCOCC4)cc3)nc21. The molecule has 0 bridgehead atoms. The van der Waals surface area contributed by atoms with Crippen LogP contribution in [0, 0.1) is 0 Å². The van der Waals surface area contributed by atoms with Gasteiger partial charge in [-0.25, -0.2) is 4.98 Å². The number of aromatic nitrogens is 4. The highest BCUT2D eigenvalue weighted by atomic mass is 16.5. The Morgan fingerprint density at radius 3 is 2.45 bits per heavy atom. The fraction of sp³-hybridized carbons (Fsp3) is 0.320. The van der Waals surface area contributed by atoms with Crippen LogP contribution >= 0.6 is 0 Å². The van der Waals surface area contributed by atoms with Crippen molar-refractivity contribution in [3.8, 4) is 0 Å². The number of imidazole rings is 1. The lowest BCUT2D eigenvalue weighted by atomic mass is 10.2. The summed E-state index contributed by atoms with van der Waals surface area (Å²) in [6.45, 7) is 8.29. The van der Waals surface area contributed by atoms with Crippen LogP contribution in [-0.2, 0) is 11.3 Å². The van der Waals surface area contributed by atoms with Gasteiger partial charge in [-0.1, -0.05) is 30.3 Å². The van der Waals surface area contributed by atoms with Gasteiger partial charge in [-0.05, 0) is 43.7 Å². The first-order chi connectivity index (χ1) is 16.2. The van der Waals surface area contributed by atoms with Crippen molar-refractivity contribution >= 4 is 34.3 Å². The van der Waals surface area contributed by atoms with Gasteiger partial charge < -0.3 is 24.8 Å². The highest BCUT2D eigenvalue weighted by molar-refractivity contribution is 5.84. The fourth-order valence-corrected chi connectivity index (χ4v) is 3.96. The summed E-state index contributed by atoms with van der Waals surface area (Å²) in [5, 5.41) is 6.82. The van der Waals surface area contributed by atoms with Crippen LogP contribution in [0.15, 0.2) is 60.9 Å². The van der Waals surface area contributed by atoms with Gasteiger partial charge in [0.15, 0.2) is 17.0 Å². The van der Waals surface area contributed by atoms with Crippen molar-refractivity contribution in [1.29, 1.82) is 0 Å². The van der Waals surface area contributed by atoms with Crippen molar-refractivity contribution in [2.75, 3.05) is 41.8 Å². The van der Waals surface area contributed by atoms with Gasteiger partial charge in [0.2, 0.25) is 5.95 Å². The van der Waals surface area contributed by atoms with E-state index in [4.69, 9.17) is 14.7 Å². The van der Waals surface area contributed by atoms with Gasteiger partial charge in [0, 0.05) is 37.1 Å². The molecule has 0 spiro atoms. The molecule has 0 amide bonds. The van der Waals surface area contributed by atoms with Crippen molar-refractivity contribution in [2.24, 2.45) is 0 Å². The number of hydrogen-bond donors (Lipinski definition) is 2. The van der Waals surface area contributed by atoms with Crippen molar-refractivity contribution in [3.63, 3.8) is 0 Å². The number of nitrogens with zero attached hydrogens (tertiary/aromatic N) is 5. The first-order valence-corrected chi connectivity index (χ1v) is 11.4. The van der Waals surface area contributed by atoms with E-state index in [2.05, 4.69) is 75.3 Å². The zero-order valence-electron chi connectivity index (χ0n) is 19.0. The Morgan fingerprint density at radius 1 is 0.970 bits per heavy atom. The third kappa shape index (κ3) is 4.75. The van der Waals surface area contributed by atoms with Crippen LogP contribution < -0.4 is 15.5 Å². The summed E-state index contributed by atoms with van der Waals surface area (Å²) in [6, 6.07) is 18.9. The molecule has 5 rings (SSSR count). The number of benzene rings is 2. The molecule has 0 radical (unpaired) electrons. The van der Waals surface area contributed by atoms with Crippen LogP contribution in [-0.4, -0.2) is 45.8 Å². The molecular weight excluding hydrogens is 414 g/mol. The molecule has 2 N–H and O–H groups in total. The maximum Gasteiger partial charge on any atom is 0.231 e. The zero-order chi connectivity index (χ0) is 22.6. The van der Waals surface area contributed by atoms with E-state index in [1.807, 2.05) is 24.5 Å². The predicted octanol–water partition coefficient (Wildman–Crippen LogP) is 4.60. The molecule has 33 heavy (non-hydrogen) atoms. The molecule has 0 aliphatic carbocycles. The highest BCUT2D eigenvalue weighted by Crippen LogP contribution is 2.26. The van der Waals surface area contributed by atoms with Crippen molar-refractivity contribution < 1.29 is 4.74 Å². The molecule has 2 aromatic heterocycles. The summed E-state index contributed by atoms with van der Waals surface area (Å²) in [4.78, 5) is 16.5. The van der Waals surface area contributed by atoms with Crippen molar-refractivity contribution in [3.05, 3.63) is 66.5 Å². The summed E-state index contributed by atoms with van der Waals surface area (Å²) < 4.78 is 7.52. The molecule has 4 aromatic rings. The van der Waals surface area contributed by atoms with Crippen LogP contribution in [0.1, 0.15) is 25.5 Å². The largest absolute Gasteiger partial charge is 0.378 e. The van der Waals surface area contributed by atoms with Gasteiger partial charge in [-0.2, -0.15) is 9.97 Å². The third-order valence-corrected chi connectivity index (χ3v) is 5.78. The normalized spacial score (nSPS) is 14.1. The minimum atomic E-state index is 0.243. The number of fused-ring (bicyclic) bond motifs is 1. The Morgan fingerprint density at radius 2 is 1.73 bits per heavy atom. The van der Waals surface area contributed by atoms with E-state index in [9.17, 15) is 0 Å². The summed E-state index contributed by atoms with van der Waals surface area (Å²) in [6.07, 6.45) is 1.83. The average Bonchev–Trinajstić information content (AvgIpc) is 3.29. The standard InChI is InChI=1S/C25H29N7O/c1-18(2)32-17-27-22-23(26-16-19-6-4-3-5-7-19)29-25(30-24(22)32)28-20-8-10-21(11-9-20)31-12-14-33-15-13-31/h3-11,17-18H,12-16H2,1-2H3,(H2,26,28,29,30). The van der Waals surface area contributed by atoms with Gasteiger partial charge in [0.1, 0.15) is 0 Å². The summed E-state index contributed by atoms with van der Waals surface area (Å²) in [5.41, 5.74) is 4.90. The molecule has 0 unspecified atom stereocenters. The number of ether oxygens (including phenoxy) is 1. The molecule has 3 heterocycles. The van der Waals surface area contributed by atoms with Gasteiger partial charge >= 0.3 is 0 Å². The quantitative estimate of drug-likeness (QED) is 0.432. The lowest BCUT2D eigenvalue weighted by Gasteiger charge is -2.28. The molecule has 1 saturated heterocycles. The van der Waals surface area contributed by atoms with E-state index in [0.717, 1.165) is 49.0 Å². The Bertz CT molecular complexity index is 1200. The molecule has 2 aromatic carbocycles. The monoisotopic (exact) mass is 443 g/mol. The Balaban J connectivity index is 1.41. The number of anilines is 4. The number of hydrogen-bond acceptors (Lipinski definition) is 7. The average molecular weight is 444 g/mol. The van der Waals surface area contributed by atoms with E-state index in [1.54, 1.807) is 0 Å². The Labute approximate surface area is 193 Å². The third-order valence-electron chi connectivity index (χ3n) is 5.78. The van der Waals surface area contributed by atoms with Crippen LogP contribution in [0.25, 0.3) is 11.2 Å². The Kier molecular flexibility index (Phi) is 6.08. The number of nitrogens with one attached hydrogen (secondary N) is 2. The van der Waals surface area contributed by atoms with Crippen molar-refractivity contribution in [1.82, 2.24) is 19.5 Å². The van der Waals surface area contributed by atoms with E-state index < -0.39 is 0 Å². The second-order valence-corrected chi connectivity index (χ2v) is 8.42. The minimum absolute atomic E-state index is 0.243. The smallest absolute Gasteiger partial charge is 0.231 e. The van der Waals surface area contributed by atoms with Gasteiger partial charge in [-0.15, -0.1) is 0 Å². The maximum absolute atomic E-state index is 5.45. The molecule has 8 nitrogen and oxygen atoms in total. The molecule has 1 aliphatic rings. The van der Waals surface area contributed by atoms with E-state index in [0.29, 0.717) is 12.5 Å². The van der Waals surface area contributed by atoms with E-state index >= 15 is 0 Å². The van der Waals surface area contributed by atoms with Gasteiger partial charge in [-0.3, -0.25) is 0 Å². The topological polar surface area (TPSA) is 80.1 Å². The Hall–Kier alpha value is -3.65. The van der Waals surface area contributed by atoms with E-state index in [1.165, 1.54) is 11.3 Å². The summed E-state index contributed by atoms with van der Waals surface area (Å²) in [7, 11) is 0. The van der Waals surface area contributed by atoms with Crippen LogP contribution in [0.2, 0.25) is 0 Å². The molecule has 0 saturated carbocycles. The molecule has 0 atom stereocenters. The lowest BCUT2D eigenvalue weighted by molar-refractivity contribution is 0.122. The number of rotatable bonds is 7. The molecule has 1 aliphatic heterocycles. The molecule has 1 fully saturated rings. The second-order valence-electron chi connectivity index (χ2n) is 8.42. The van der Waals surface area contributed by atoms with Crippen LogP contribution in [0.5, 0.6) is 0 Å². The second kappa shape index (κ2) is 9.46. The van der Waals surface area contributed by atoms with Gasteiger partial charge in [0.25, 0.3) is 0 Å². The number of morpholine rings is 1. The molecular formula is C25H29N7O. The van der Waals surface area contributed by atoms with Crippen LogP contribution in [0.4, 0.5) is 23.1 Å². The summed E-state index contributed by atoms with van der Waals surface area (Å²) in [5.74, 6) is 1.26. The van der Waals surface area contributed by atoms with Crippen molar-refractivity contribution in [2.45, 2.75) is 26.4 Å². The van der Waals surface area contributed by atoms with Crippen LogP contribution in [0.3, 0.4) is 0 Å². The molecule has 8 heteroatoms. The predicted molar refractivity (Wildman–Crippen MR) is 132 cm³/mol. The zero-order valence-corrected chi connectivity index (χ0v) is 19.0. The van der Waals surface area contributed by atoms with Gasteiger partial charge in [0.05, 0.1) is 19.5 Å². The summed E-state index contributed by atoms with van der Waals surface area (Å²) >= 11 is 0. The highest BCUT2D eigenvalue weighted by Gasteiger charge is 2.16. The maximum atomic E-state index is 5.45. The van der Waals surface area contributed by atoms with E-state index in [-0.39, 0.29) is 6.04 Å². The molecule has 170 valence electrons.